The molecule has 0 saturated carbocycles. The summed E-state index contributed by atoms with van der Waals surface area (Å²) >= 11 is 0. The highest BCUT2D eigenvalue weighted by molar-refractivity contribution is 5.83. The van der Waals surface area contributed by atoms with Gasteiger partial charge in [0.25, 0.3) is 0 Å². The van der Waals surface area contributed by atoms with E-state index < -0.39 is 0 Å². The first-order valence-electron chi connectivity index (χ1n) is 7.68. The van der Waals surface area contributed by atoms with E-state index in [4.69, 9.17) is 9.47 Å². The van der Waals surface area contributed by atoms with Gasteiger partial charge in [-0.3, -0.25) is 0 Å². The Bertz CT molecular complexity index is 821. The monoisotopic (exact) mass is 311 g/mol. The molecule has 1 heterocycles. The lowest BCUT2D eigenvalue weighted by Crippen LogP contribution is -2.08. The number of methoxy groups -OCH3 is 1. The molecule has 0 aliphatic carbocycles. The zero-order valence-electron chi connectivity index (χ0n) is 13.6. The van der Waals surface area contributed by atoms with E-state index in [0.29, 0.717) is 12.6 Å². The number of benzene rings is 2. The Morgan fingerprint density at radius 2 is 1.83 bits per heavy atom. The minimum absolute atomic E-state index is 0.277. The fourth-order valence-electron chi connectivity index (χ4n) is 2.85. The van der Waals surface area contributed by atoms with Gasteiger partial charge in [0.15, 0.2) is 0 Å². The Morgan fingerprint density at radius 1 is 1.04 bits per heavy atom. The second kappa shape index (κ2) is 6.24. The molecule has 4 heteroatoms. The van der Waals surface area contributed by atoms with Crippen molar-refractivity contribution in [3.8, 4) is 17.2 Å². The van der Waals surface area contributed by atoms with Gasteiger partial charge in [-0.15, -0.1) is 0 Å². The summed E-state index contributed by atoms with van der Waals surface area (Å²) < 4.78 is 13.4. The molecule has 0 unspecified atom stereocenters. The van der Waals surface area contributed by atoms with E-state index >= 15 is 0 Å². The number of fused-ring (bicyclic) bond motifs is 1. The third kappa shape index (κ3) is 3.11. The summed E-state index contributed by atoms with van der Waals surface area (Å²) in [7, 11) is 1.64. The molecular weight excluding hydrogens is 290 g/mol. The predicted octanol–water partition coefficient (Wildman–Crippen LogP) is 4.52. The second-order valence-corrected chi connectivity index (χ2v) is 5.81. The van der Waals surface area contributed by atoms with Gasteiger partial charge in [0.2, 0.25) is 0 Å². The van der Waals surface area contributed by atoms with Gasteiger partial charge in [-0.25, -0.2) is 0 Å². The third-order valence-corrected chi connectivity index (χ3v) is 3.85. The molecule has 0 spiro atoms. The molecule has 0 atom stereocenters. The van der Waals surface area contributed by atoms with E-state index in [2.05, 4.69) is 24.5 Å². The molecular formula is C19H21NO3. The van der Waals surface area contributed by atoms with Crippen molar-refractivity contribution >= 4 is 10.9 Å². The lowest BCUT2D eigenvalue weighted by atomic mass is 10.2. The van der Waals surface area contributed by atoms with E-state index in [1.165, 1.54) is 0 Å². The fraction of sp³-hybridized carbons (Fsp3) is 0.263. The molecule has 0 fully saturated rings. The van der Waals surface area contributed by atoms with Gasteiger partial charge < -0.3 is 19.1 Å². The average molecular weight is 311 g/mol. The Labute approximate surface area is 135 Å². The normalized spacial score (nSPS) is 11.1. The van der Waals surface area contributed by atoms with Gasteiger partial charge in [-0.2, -0.15) is 0 Å². The number of aromatic nitrogens is 1. The SMILES string of the molecule is COc1cccc(OCc2cc3cc(O)ccc3n2C(C)C)c1. The van der Waals surface area contributed by atoms with Crippen LogP contribution >= 0.6 is 0 Å². The van der Waals surface area contributed by atoms with Crippen LogP contribution < -0.4 is 9.47 Å². The van der Waals surface area contributed by atoms with E-state index in [-0.39, 0.29) is 5.75 Å². The lowest BCUT2D eigenvalue weighted by molar-refractivity contribution is 0.291. The Morgan fingerprint density at radius 3 is 2.57 bits per heavy atom. The molecule has 0 aliphatic heterocycles. The molecule has 0 saturated heterocycles. The van der Waals surface area contributed by atoms with E-state index in [1.54, 1.807) is 19.2 Å². The number of phenolic OH excluding ortho intramolecular Hbond substituents is 1. The highest BCUT2D eigenvalue weighted by Crippen LogP contribution is 2.28. The molecule has 120 valence electrons. The van der Waals surface area contributed by atoms with Gasteiger partial charge in [0.1, 0.15) is 23.9 Å². The molecule has 0 radical (unpaired) electrons. The highest BCUT2D eigenvalue weighted by atomic mass is 16.5. The second-order valence-electron chi connectivity index (χ2n) is 5.81. The number of nitrogens with zero attached hydrogens (tertiary/aromatic N) is 1. The van der Waals surface area contributed by atoms with Crippen molar-refractivity contribution in [3.63, 3.8) is 0 Å². The van der Waals surface area contributed by atoms with Crippen molar-refractivity contribution in [2.24, 2.45) is 0 Å². The first-order chi connectivity index (χ1) is 11.1. The fourth-order valence-corrected chi connectivity index (χ4v) is 2.85. The maximum atomic E-state index is 9.68. The zero-order valence-corrected chi connectivity index (χ0v) is 13.6. The quantitative estimate of drug-likeness (QED) is 0.753. The number of hydrogen-bond donors (Lipinski definition) is 1. The standard InChI is InChI=1S/C19H21NO3/c1-13(2)20-15(9-14-10-16(21)7-8-19(14)20)12-23-18-6-4-5-17(11-18)22-3/h4-11,13,21H,12H2,1-3H3. The summed E-state index contributed by atoms with van der Waals surface area (Å²) in [5.41, 5.74) is 2.17. The molecule has 3 aromatic rings. The Balaban J connectivity index is 1.91. The van der Waals surface area contributed by atoms with Gasteiger partial charge in [0, 0.05) is 23.0 Å². The maximum absolute atomic E-state index is 9.68. The minimum Gasteiger partial charge on any atom is -0.508 e. The lowest BCUT2D eigenvalue weighted by Gasteiger charge is -2.15. The van der Waals surface area contributed by atoms with Gasteiger partial charge >= 0.3 is 0 Å². The van der Waals surface area contributed by atoms with Crippen LogP contribution in [0.3, 0.4) is 0 Å². The van der Waals surface area contributed by atoms with Crippen molar-refractivity contribution < 1.29 is 14.6 Å². The molecule has 23 heavy (non-hydrogen) atoms. The van der Waals surface area contributed by atoms with Crippen LogP contribution in [0.5, 0.6) is 17.2 Å². The van der Waals surface area contributed by atoms with E-state index in [0.717, 1.165) is 28.1 Å². The van der Waals surface area contributed by atoms with Gasteiger partial charge in [-0.1, -0.05) is 6.07 Å². The number of hydrogen-bond acceptors (Lipinski definition) is 3. The van der Waals surface area contributed by atoms with Crippen LogP contribution in [-0.4, -0.2) is 16.8 Å². The van der Waals surface area contributed by atoms with Crippen molar-refractivity contribution in [3.05, 3.63) is 54.2 Å². The minimum atomic E-state index is 0.277. The number of rotatable bonds is 5. The van der Waals surface area contributed by atoms with Crippen molar-refractivity contribution in [2.75, 3.05) is 7.11 Å². The Hall–Kier alpha value is -2.62. The van der Waals surface area contributed by atoms with Crippen LogP contribution in [0, 0.1) is 0 Å². The summed E-state index contributed by atoms with van der Waals surface area (Å²) in [6.07, 6.45) is 0. The molecule has 1 N–H and O–H groups in total. The van der Waals surface area contributed by atoms with Crippen LogP contribution in [-0.2, 0) is 6.61 Å². The maximum Gasteiger partial charge on any atom is 0.128 e. The van der Waals surface area contributed by atoms with Crippen molar-refractivity contribution in [2.45, 2.75) is 26.5 Å². The number of aromatic hydroxyl groups is 1. The average Bonchev–Trinajstić information content (AvgIpc) is 2.90. The first kappa shape index (κ1) is 15.3. The first-order valence-corrected chi connectivity index (χ1v) is 7.68. The van der Waals surface area contributed by atoms with Crippen LogP contribution in [0.25, 0.3) is 10.9 Å². The van der Waals surface area contributed by atoms with Crippen LogP contribution in [0.4, 0.5) is 0 Å². The van der Waals surface area contributed by atoms with Gasteiger partial charge in [-0.05, 0) is 50.2 Å². The highest BCUT2D eigenvalue weighted by Gasteiger charge is 2.12. The smallest absolute Gasteiger partial charge is 0.128 e. The van der Waals surface area contributed by atoms with E-state index in [9.17, 15) is 5.11 Å². The molecule has 4 nitrogen and oxygen atoms in total. The molecule has 1 aromatic heterocycles. The van der Waals surface area contributed by atoms with E-state index in [1.807, 2.05) is 30.3 Å². The molecule has 2 aromatic carbocycles. The molecule has 3 rings (SSSR count). The third-order valence-electron chi connectivity index (χ3n) is 3.85. The summed E-state index contributed by atoms with van der Waals surface area (Å²) in [5, 5.41) is 10.7. The van der Waals surface area contributed by atoms with Crippen LogP contribution in [0.15, 0.2) is 48.5 Å². The van der Waals surface area contributed by atoms with Crippen LogP contribution in [0.1, 0.15) is 25.6 Å². The summed E-state index contributed by atoms with van der Waals surface area (Å²) in [6, 6.07) is 15.4. The number of phenols is 1. The molecule has 0 aliphatic rings. The largest absolute Gasteiger partial charge is 0.508 e. The topological polar surface area (TPSA) is 43.6 Å². The molecule has 0 bridgehead atoms. The molecule has 0 amide bonds. The predicted molar refractivity (Wildman–Crippen MR) is 91.3 cm³/mol. The zero-order chi connectivity index (χ0) is 16.4. The van der Waals surface area contributed by atoms with Crippen LogP contribution in [0.2, 0.25) is 0 Å². The summed E-state index contributed by atoms with van der Waals surface area (Å²) in [6.45, 7) is 4.74. The van der Waals surface area contributed by atoms with Gasteiger partial charge in [0.05, 0.1) is 12.8 Å². The van der Waals surface area contributed by atoms with Crippen molar-refractivity contribution in [1.82, 2.24) is 4.57 Å². The Kier molecular flexibility index (Phi) is 4.15. The number of ether oxygens (including phenoxy) is 2. The van der Waals surface area contributed by atoms with Crippen molar-refractivity contribution in [1.29, 1.82) is 0 Å². The summed E-state index contributed by atoms with van der Waals surface area (Å²) in [4.78, 5) is 0. The summed E-state index contributed by atoms with van der Waals surface area (Å²) in [5.74, 6) is 1.82.